The van der Waals surface area contributed by atoms with Gasteiger partial charge in [-0.1, -0.05) is 25.1 Å². The topological polar surface area (TPSA) is 70.6 Å². The molecular formula is C16H24N2O3. The smallest absolute Gasteiger partial charge is 0.315 e. The zero-order chi connectivity index (χ0) is 15.3. The number of aliphatic hydroxyl groups excluding tert-OH is 1. The van der Waals surface area contributed by atoms with Crippen LogP contribution in [0.15, 0.2) is 24.3 Å². The van der Waals surface area contributed by atoms with Crippen molar-refractivity contribution >= 4 is 6.03 Å². The van der Waals surface area contributed by atoms with E-state index >= 15 is 0 Å². The Kier molecular flexibility index (Phi) is 5.07. The Hall–Kier alpha value is -1.75. The molecule has 1 aromatic rings. The number of benzene rings is 1. The van der Waals surface area contributed by atoms with Crippen LogP contribution >= 0.6 is 0 Å². The van der Waals surface area contributed by atoms with Crippen LogP contribution in [-0.4, -0.2) is 29.9 Å². The molecular weight excluding hydrogens is 268 g/mol. The van der Waals surface area contributed by atoms with Crippen molar-refractivity contribution in [1.82, 2.24) is 10.6 Å². The van der Waals surface area contributed by atoms with Crippen molar-refractivity contribution in [2.45, 2.75) is 44.7 Å². The van der Waals surface area contributed by atoms with Gasteiger partial charge in [-0.25, -0.2) is 4.79 Å². The Morgan fingerprint density at radius 1 is 1.48 bits per heavy atom. The van der Waals surface area contributed by atoms with Crippen molar-refractivity contribution < 1.29 is 14.6 Å². The van der Waals surface area contributed by atoms with Crippen LogP contribution in [0.5, 0.6) is 5.75 Å². The van der Waals surface area contributed by atoms with Gasteiger partial charge >= 0.3 is 6.03 Å². The van der Waals surface area contributed by atoms with E-state index in [-0.39, 0.29) is 24.2 Å². The molecule has 21 heavy (non-hydrogen) atoms. The lowest BCUT2D eigenvalue weighted by Crippen LogP contribution is -2.51. The van der Waals surface area contributed by atoms with E-state index in [9.17, 15) is 4.79 Å². The third-order valence-electron chi connectivity index (χ3n) is 4.12. The first-order chi connectivity index (χ1) is 10.1. The molecule has 0 saturated carbocycles. The molecule has 0 radical (unpaired) electrons. The normalized spacial score (nSPS) is 19.9. The summed E-state index contributed by atoms with van der Waals surface area (Å²) < 4.78 is 5.59. The molecule has 0 aliphatic carbocycles. The summed E-state index contributed by atoms with van der Waals surface area (Å²) >= 11 is 0. The number of para-hydroxylation sites is 1. The number of urea groups is 1. The molecule has 1 aliphatic rings. The van der Waals surface area contributed by atoms with Gasteiger partial charge in [0.1, 0.15) is 5.75 Å². The van der Waals surface area contributed by atoms with Crippen molar-refractivity contribution in [2.24, 2.45) is 0 Å². The number of carbonyl (C=O) groups is 1. The van der Waals surface area contributed by atoms with E-state index < -0.39 is 0 Å². The van der Waals surface area contributed by atoms with Crippen molar-refractivity contribution in [3.05, 3.63) is 29.8 Å². The first-order valence-corrected chi connectivity index (χ1v) is 7.49. The molecule has 0 aromatic heterocycles. The fraction of sp³-hybridized carbons (Fsp3) is 0.562. The molecule has 0 spiro atoms. The molecule has 1 heterocycles. The summed E-state index contributed by atoms with van der Waals surface area (Å²) in [5.41, 5.74) is 0.628. The van der Waals surface area contributed by atoms with Gasteiger partial charge < -0.3 is 20.5 Å². The third-order valence-corrected chi connectivity index (χ3v) is 4.12. The minimum atomic E-state index is -0.385. The molecule has 2 atom stereocenters. The van der Waals surface area contributed by atoms with Crippen molar-refractivity contribution in [3.8, 4) is 5.75 Å². The highest BCUT2D eigenvalue weighted by molar-refractivity contribution is 5.75. The highest BCUT2D eigenvalue weighted by Crippen LogP contribution is 2.31. The van der Waals surface area contributed by atoms with Gasteiger partial charge in [0.15, 0.2) is 0 Å². The number of fused-ring (bicyclic) bond motifs is 1. The van der Waals surface area contributed by atoms with Crippen molar-refractivity contribution in [2.75, 3.05) is 13.2 Å². The van der Waals surface area contributed by atoms with Gasteiger partial charge in [-0.15, -0.1) is 0 Å². The second-order valence-corrected chi connectivity index (χ2v) is 5.71. The van der Waals surface area contributed by atoms with Crippen LogP contribution in [0.2, 0.25) is 0 Å². The average Bonchev–Trinajstić information content (AvgIpc) is 2.48. The van der Waals surface area contributed by atoms with Gasteiger partial charge in [0, 0.05) is 24.1 Å². The van der Waals surface area contributed by atoms with Gasteiger partial charge in [0.2, 0.25) is 0 Å². The summed E-state index contributed by atoms with van der Waals surface area (Å²) in [6.07, 6.45) is 2.07. The van der Waals surface area contributed by atoms with E-state index in [1.54, 1.807) is 0 Å². The van der Waals surface area contributed by atoms with E-state index in [4.69, 9.17) is 9.84 Å². The quantitative estimate of drug-likeness (QED) is 0.780. The summed E-state index contributed by atoms with van der Waals surface area (Å²) in [5.74, 6) is 0.836. The Labute approximate surface area is 125 Å². The van der Waals surface area contributed by atoms with E-state index in [1.807, 2.05) is 38.1 Å². The van der Waals surface area contributed by atoms with Crippen LogP contribution in [0.3, 0.4) is 0 Å². The molecule has 1 aromatic carbocycles. The fourth-order valence-electron chi connectivity index (χ4n) is 2.53. The standard InChI is InChI=1S/C16H24N2O3/c1-3-16(2,9-10-19)18-15(20)17-13-8-11-21-14-7-5-4-6-12(13)14/h4-7,13,19H,3,8-11H2,1-2H3,(H2,17,18,20). The highest BCUT2D eigenvalue weighted by Gasteiger charge is 2.27. The first-order valence-electron chi connectivity index (χ1n) is 7.49. The number of carbonyl (C=O) groups excluding carboxylic acids is 1. The lowest BCUT2D eigenvalue weighted by Gasteiger charge is -2.32. The Morgan fingerprint density at radius 3 is 2.95 bits per heavy atom. The summed E-state index contributed by atoms with van der Waals surface area (Å²) in [4.78, 5) is 12.2. The van der Waals surface area contributed by atoms with Crippen LogP contribution < -0.4 is 15.4 Å². The number of rotatable bonds is 5. The SMILES string of the molecule is CCC(C)(CCO)NC(=O)NC1CCOc2ccccc21. The van der Waals surface area contributed by atoms with E-state index in [0.29, 0.717) is 13.0 Å². The molecule has 5 heteroatoms. The molecule has 0 saturated heterocycles. The van der Waals surface area contributed by atoms with Crippen molar-refractivity contribution in [3.63, 3.8) is 0 Å². The third kappa shape index (κ3) is 3.88. The predicted molar refractivity (Wildman–Crippen MR) is 81.4 cm³/mol. The van der Waals surface area contributed by atoms with Gasteiger partial charge in [-0.05, 0) is 25.8 Å². The molecule has 2 unspecified atom stereocenters. The summed E-state index contributed by atoms with van der Waals surface area (Å²) in [5, 5.41) is 15.1. The Morgan fingerprint density at radius 2 is 2.24 bits per heavy atom. The fourth-order valence-corrected chi connectivity index (χ4v) is 2.53. The van der Waals surface area contributed by atoms with Gasteiger partial charge in [0.25, 0.3) is 0 Å². The maximum atomic E-state index is 12.2. The van der Waals surface area contributed by atoms with Gasteiger partial charge in [-0.3, -0.25) is 0 Å². The second kappa shape index (κ2) is 6.80. The molecule has 0 fully saturated rings. The number of hydrogen-bond acceptors (Lipinski definition) is 3. The second-order valence-electron chi connectivity index (χ2n) is 5.71. The molecule has 5 nitrogen and oxygen atoms in total. The number of hydrogen-bond donors (Lipinski definition) is 3. The van der Waals surface area contributed by atoms with E-state index in [0.717, 1.165) is 24.2 Å². The summed E-state index contributed by atoms with van der Waals surface area (Å²) in [6, 6.07) is 7.54. The zero-order valence-electron chi connectivity index (χ0n) is 12.7. The number of nitrogens with one attached hydrogen (secondary N) is 2. The van der Waals surface area contributed by atoms with E-state index in [2.05, 4.69) is 10.6 Å². The highest BCUT2D eigenvalue weighted by atomic mass is 16.5. The summed E-state index contributed by atoms with van der Waals surface area (Å²) in [7, 11) is 0. The lowest BCUT2D eigenvalue weighted by molar-refractivity contribution is 0.194. The lowest BCUT2D eigenvalue weighted by atomic mass is 9.95. The number of aliphatic hydroxyl groups is 1. The maximum absolute atomic E-state index is 12.2. The van der Waals surface area contributed by atoms with Crippen LogP contribution in [0, 0.1) is 0 Å². The number of amides is 2. The molecule has 2 rings (SSSR count). The predicted octanol–water partition coefficient (Wildman–Crippen LogP) is 2.36. The average molecular weight is 292 g/mol. The zero-order valence-corrected chi connectivity index (χ0v) is 12.7. The summed E-state index contributed by atoms with van der Waals surface area (Å²) in [6.45, 7) is 4.61. The minimum Gasteiger partial charge on any atom is -0.493 e. The minimum absolute atomic E-state index is 0.0369. The maximum Gasteiger partial charge on any atom is 0.315 e. The molecule has 2 amide bonds. The van der Waals surface area contributed by atoms with E-state index in [1.165, 1.54) is 0 Å². The molecule has 0 bridgehead atoms. The van der Waals surface area contributed by atoms with Crippen LogP contribution in [0.25, 0.3) is 0 Å². The van der Waals surface area contributed by atoms with Gasteiger partial charge in [0.05, 0.1) is 12.6 Å². The van der Waals surface area contributed by atoms with Gasteiger partial charge in [-0.2, -0.15) is 0 Å². The van der Waals surface area contributed by atoms with Crippen LogP contribution in [0.4, 0.5) is 4.79 Å². The first kappa shape index (κ1) is 15.6. The molecule has 116 valence electrons. The van der Waals surface area contributed by atoms with Crippen molar-refractivity contribution in [1.29, 1.82) is 0 Å². The number of ether oxygens (including phenoxy) is 1. The Bertz CT molecular complexity index is 492. The monoisotopic (exact) mass is 292 g/mol. The van der Waals surface area contributed by atoms with Crippen LogP contribution in [-0.2, 0) is 0 Å². The Balaban J connectivity index is 2.01. The molecule has 3 N–H and O–H groups in total. The van der Waals surface area contributed by atoms with Crippen LogP contribution in [0.1, 0.15) is 44.7 Å². The molecule has 1 aliphatic heterocycles. The largest absolute Gasteiger partial charge is 0.493 e.